The molecule has 0 N–H and O–H groups in total. The van der Waals surface area contributed by atoms with Crippen LogP contribution in [0.25, 0.3) is 0 Å². The van der Waals surface area contributed by atoms with Crippen molar-refractivity contribution in [1.29, 1.82) is 0 Å². The molecule has 0 aliphatic heterocycles. The van der Waals surface area contributed by atoms with Crippen LogP contribution >= 0.6 is 11.6 Å². The first-order chi connectivity index (χ1) is 8.95. The Bertz CT molecular complexity index is 566. The van der Waals surface area contributed by atoms with Gasteiger partial charge in [0.1, 0.15) is 28.3 Å². The Labute approximate surface area is 118 Å². The average Bonchev–Trinajstić information content (AvgIpc) is 2.73. The molecule has 19 heavy (non-hydrogen) atoms. The van der Waals surface area contributed by atoms with Crippen LogP contribution in [0, 0.1) is 6.92 Å². The van der Waals surface area contributed by atoms with E-state index in [0.717, 1.165) is 23.2 Å². The van der Waals surface area contributed by atoms with Crippen molar-refractivity contribution in [3.8, 4) is 0 Å². The SMILES string of the molecule is Cc1ccc(CN(C)c2cc(Cl)nc(C(C)C)n2)o1. The van der Waals surface area contributed by atoms with Crippen LogP contribution in [0.15, 0.2) is 22.6 Å². The summed E-state index contributed by atoms with van der Waals surface area (Å²) in [6, 6.07) is 5.69. The highest BCUT2D eigenvalue weighted by molar-refractivity contribution is 6.29. The fourth-order valence-corrected chi connectivity index (χ4v) is 1.95. The first-order valence-corrected chi connectivity index (χ1v) is 6.64. The number of aromatic nitrogens is 2. The van der Waals surface area contributed by atoms with Crippen LogP contribution in [-0.4, -0.2) is 17.0 Å². The van der Waals surface area contributed by atoms with Gasteiger partial charge in [-0.25, -0.2) is 9.97 Å². The van der Waals surface area contributed by atoms with Crippen LogP contribution in [-0.2, 0) is 6.54 Å². The minimum absolute atomic E-state index is 0.247. The molecule has 102 valence electrons. The third-order valence-corrected chi connectivity index (χ3v) is 2.99. The minimum atomic E-state index is 0.247. The van der Waals surface area contributed by atoms with Gasteiger partial charge in [0.25, 0.3) is 0 Å². The zero-order chi connectivity index (χ0) is 14.0. The maximum Gasteiger partial charge on any atom is 0.135 e. The Kier molecular flexibility index (Phi) is 4.10. The Hall–Kier alpha value is -1.55. The molecule has 0 aliphatic rings. The average molecular weight is 280 g/mol. The fourth-order valence-electron chi connectivity index (χ4n) is 1.76. The topological polar surface area (TPSA) is 42.2 Å². The Balaban J connectivity index is 2.20. The van der Waals surface area contributed by atoms with Gasteiger partial charge >= 0.3 is 0 Å². The lowest BCUT2D eigenvalue weighted by atomic mass is 10.2. The molecule has 0 saturated heterocycles. The highest BCUT2D eigenvalue weighted by atomic mass is 35.5. The summed E-state index contributed by atoms with van der Waals surface area (Å²) in [6.07, 6.45) is 0. The van der Waals surface area contributed by atoms with Crippen LogP contribution in [0.2, 0.25) is 5.15 Å². The summed E-state index contributed by atoms with van der Waals surface area (Å²) in [5, 5.41) is 0.469. The molecule has 0 aromatic carbocycles. The molecule has 0 aliphatic carbocycles. The second kappa shape index (κ2) is 5.61. The summed E-state index contributed by atoms with van der Waals surface area (Å²) in [5.74, 6) is 3.62. The van der Waals surface area contributed by atoms with E-state index in [2.05, 4.69) is 9.97 Å². The molecule has 0 unspecified atom stereocenters. The van der Waals surface area contributed by atoms with Gasteiger partial charge in [-0.3, -0.25) is 0 Å². The molecule has 2 rings (SSSR count). The molecule has 2 aromatic rings. The minimum Gasteiger partial charge on any atom is -0.464 e. The van der Waals surface area contributed by atoms with E-state index in [1.54, 1.807) is 6.07 Å². The standard InChI is InChI=1S/C14H18ClN3O/c1-9(2)14-16-12(15)7-13(17-14)18(4)8-11-6-5-10(3)19-11/h5-7,9H,8H2,1-4H3. The van der Waals surface area contributed by atoms with Crippen molar-refractivity contribution in [3.63, 3.8) is 0 Å². The van der Waals surface area contributed by atoms with Crippen LogP contribution < -0.4 is 4.90 Å². The smallest absolute Gasteiger partial charge is 0.135 e. The molecule has 0 amide bonds. The normalized spacial score (nSPS) is 11.1. The van der Waals surface area contributed by atoms with E-state index in [1.165, 1.54) is 0 Å². The molecule has 0 fully saturated rings. The first-order valence-electron chi connectivity index (χ1n) is 6.26. The largest absolute Gasteiger partial charge is 0.464 e. The van der Waals surface area contributed by atoms with Crippen LogP contribution in [0.5, 0.6) is 0 Å². The van der Waals surface area contributed by atoms with E-state index < -0.39 is 0 Å². The molecular formula is C14H18ClN3O. The fraction of sp³-hybridized carbons (Fsp3) is 0.429. The third-order valence-electron chi connectivity index (χ3n) is 2.80. The van der Waals surface area contributed by atoms with E-state index in [0.29, 0.717) is 11.7 Å². The van der Waals surface area contributed by atoms with Crippen LogP contribution in [0.3, 0.4) is 0 Å². The zero-order valence-electron chi connectivity index (χ0n) is 11.6. The van der Waals surface area contributed by atoms with E-state index in [9.17, 15) is 0 Å². The van der Waals surface area contributed by atoms with Crippen molar-refractivity contribution in [1.82, 2.24) is 9.97 Å². The van der Waals surface area contributed by atoms with Gasteiger partial charge in [0.05, 0.1) is 6.54 Å². The van der Waals surface area contributed by atoms with Crippen LogP contribution in [0.1, 0.15) is 37.1 Å². The summed E-state index contributed by atoms with van der Waals surface area (Å²) >= 11 is 6.04. The summed E-state index contributed by atoms with van der Waals surface area (Å²) < 4.78 is 5.57. The summed E-state index contributed by atoms with van der Waals surface area (Å²) in [4.78, 5) is 10.8. The molecule has 2 heterocycles. The maximum absolute atomic E-state index is 6.04. The van der Waals surface area contributed by atoms with E-state index in [4.69, 9.17) is 16.0 Å². The molecule has 5 heteroatoms. The van der Waals surface area contributed by atoms with Crippen molar-refractivity contribution in [2.24, 2.45) is 0 Å². The van der Waals surface area contributed by atoms with Gasteiger partial charge in [-0.2, -0.15) is 0 Å². The van der Waals surface area contributed by atoms with Gasteiger partial charge in [-0.1, -0.05) is 25.4 Å². The zero-order valence-corrected chi connectivity index (χ0v) is 12.4. The number of furan rings is 1. The Morgan fingerprint density at radius 3 is 2.63 bits per heavy atom. The van der Waals surface area contributed by atoms with E-state index in [-0.39, 0.29) is 5.92 Å². The number of halogens is 1. The molecule has 2 aromatic heterocycles. The molecule has 0 bridgehead atoms. The lowest BCUT2D eigenvalue weighted by Gasteiger charge is -2.18. The van der Waals surface area contributed by atoms with Gasteiger partial charge in [-0.05, 0) is 19.1 Å². The first kappa shape index (κ1) is 13.9. The van der Waals surface area contributed by atoms with E-state index >= 15 is 0 Å². The van der Waals surface area contributed by atoms with Crippen molar-refractivity contribution in [2.75, 3.05) is 11.9 Å². The molecule has 0 radical (unpaired) electrons. The van der Waals surface area contributed by atoms with Gasteiger partial charge in [0.2, 0.25) is 0 Å². The molecule has 0 spiro atoms. The summed E-state index contributed by atoms with van der Waals surface area (Å²) in [7, 11) is 1.96. The monoisotopic (exact) mass is 279 g/mol. The Morgan fingerprint density at radius 2 is 2.05 bits per heavy atom. The van der Waals surface area contributed by atoms with Crippen molar-refractivity contribution >= 4 is 17.4 Å². The van der Waals surface area contributed by atoms with Gasteiger partial charge in [-0.15, -0.1) is 0 Å². The lowest BCUT2D eigenvalue weighted by Crippen LogP contribution is -2.18. The summed E-state index contributed by atoms with van der Waals surface area (Å²) in [5.41, 5.74) is 0. The number of aryl methyl sites for hydroxylation is 1. The number of anilines is 1. The molecule has 0 atom stereocenters. The maximum atomic E-state index is 6.04. The quantitative estimate of drug-likeness (QED) is 0.799. The van der Waals surface area contributed by atoms with Crippen LogP contribution in [0.4, 0.5) is 5.82 Å². The highest BCUT2D eigenvalue weighted by Gasteiger charge is 2.11. The number of rotatable bonds is 4. The second-order valence-corrected chi connectivity index (χ2v) is 5.32. The van der Waals surface area contributed by atoms with Gasteiger partial charge in [0, 0.05) is 19.0 Å². The number of hydrogen-bond acceptors (Lipinski definition) is 4. The Morgan fingerprint density at radius 1 is 1.32 bits per heavy atom. The summed E-state index contributed by atoms with van der Waals surface area (Å²) in [6.45, 7) is 6.68. The molecular weight excluding hydrogens is 262 g/mol. The van der Waals surface area contributed by atoms with Crippen molar-refractivity contribution in [3.05, 3.63) is 40.7 Å². The number of nitrogens with zero attached hydrogens (tertiary/aromatic N) is 3. The predicted octanol–water partition coefficient (Wildman–Crippen LogP) is 3.79. The number of hydrogen-bond donors (Lipinski definition) is 0. The molecule has 0 saturated carbocycles. The predicted molar refractivity (Wildman–Crippen MR) is 76.7 cm³/mol. The second-order valence-electron chi connectivity index (χ2n) is 4.93. The van der Waals surface area contributed by atoms with Gasteiger partial charge in [0.15, 0.2) is 0 Å². The van der Waals surface area contributed by atoms with E-state index in [1.807, 2.05) is 44.9 Å². The third kappa shape index (κ3) is 3.47. The van der Waals surface area contributed by atoms with Crippen molar-refractivity contribution in [2.45, 2.75) is 33.2 Å². The lowest BCUT2D eigenvalue weighted by molar-refractivity contribution is 0.481. The van der Waals surface area contributed by atoms with Gasteiger partial charge < -0.3 is 9.32 Å². The molecule has 4 nitrogen and oxygen atoms in total. The van der Waals surface area contributed by atoms with Crippen molar-refractivity contribution < 1.29 is 4.42 Å². The highest BCUT2D eigenvalue weighted by Crippen LogP contribution is 2.21.